The van der Waals surface area contributed by atoms with Crippen LogP contribution in [0.2, 0.25) is 40.3 Å². The van der Waals surface area contributed by atoms with Crippen LogP contribution in [-0.4, -0.2) is 62.7 Å². The molecule has 0 aromatic carbocycles. The Bertz CT molecular complexity index is 137. The summed E-state index contributed by atoms with van der Waals surface area (Å²) in [7, 11) is 0. The molecule has 0 aliphatic carbocycles. The Kier molecular flexibility index (Phi) is 5.96. The molecule has 0 amide bonds. The minimum atomic E-state index is -1.89. The second kappa shape index (κ2) is 4.93. The van der Waals surface area contributed by atoms with E-state index >= 15 is 0 Å². The maximum absolute atomic E-state index is 3.23. The first-order valence-corrected chi connectivity index (χ1v) is 45.4. The van der Waals surface area contributed by atoms with Gasteiger partial charge in [0.2, 0.25) is 0 Å². The molecule has 4 heteroatoms. The molecule has 0 bridgehead atoms. The zero-order valence-corrected chi connectivity index (χ0v) is 22.6. The molecule has 80 valence electrons. The van der Waals surface area contributed by atoms with Gasteiger partial charge >= 0.3 is 103 Å². The average Bonchev–Trinajstić information content (AvgIpc) is 1.44. The summed E-state index contributed by atoms with van der Waals surface area (Å²) in [5.41, 5.74) is 0. The Labute approximate surface area is 101 Å². The van der Waals surface area contributed by atoms with Crippen LogP contribution in [-0.2, 0) is 0 Å². The van der Waals surface area contributed by atoms with Crippen molar-refractivity contribution in [2.75, 3.05) is 0 Å². The van der Waals surface area contributed by atoms with Gasteiger partial charge in [0.25, 0.3) is 0 Å². The van der Waals surface area contributed by atoms with Gasteiger partial charge in [0.15, 0.2) is 0 Å². The molecule has 0 spiro atoms. The van der Waals surface area contributed by atoms with Gasteiger partial charge in [-0.05, 0) is 0 Å². The molecular formula is C9H27NPb3. The number of rotatable bonds is 3. The summed E-state index contributed by atoms with van der Waals surface area (Å²) in [5, 5.41) is 0. The summed E-state index contributed by atoms with van der Waals surface area (Å²) >= 11 is -5.68. The minimum absolute atomic E-state index is 1.89. The molecule has 0 radical (unpaired) electrons. The number of hydrogen-bond acceptors (Lipinski definition) is 1. The number of nitrogens with zero attached hydrogens (tertiary/aromatic N) is 1. The van der Waals surface area contributed by atoms with E-state index < -0.39 is 64.4 Å². The Morgan fingerprint density at radius 1 is 0.462 bits per heavy atom. The van der Waals surface area contributed by atoms with E-state index in [4.69, 9.17) is 0 Å². The zero-order valence-electron chi connectivity index (χ0n) is 10.9. The first-order valence-electron chi connectivity index (χ1n) is 5.17. The molecule has 1 nitrogen and oxygen atoms in total. The molecule has 0 atom stereocenters. The molecule has 0 rings (SSSR count). The SMILES string of the molecule is [CH3][Pb]([CH3])([CH3])[N]([Pb]([CH3])([CH3])[CH3])[Pb]([CH3])([CH3])[CH3]. The third kappa shape index (κ3) is 5.55. The molecule has 0 saturated heterocycles. The van der Waals surface area contributed by atoms with E-state index in [9.17, 15) is 0 Å². The first-order chi connectivity index (χ1) is 5.37. The van der Waals surface area contributed by atoms with Gasteiger partial charge in [-0.15, -0.1) is 0 Å². The molecule has 13 heavy (non-hydrogen) atoms. The maximum atomic E-state index is 3.23. The normalized spacial score (nSPS) is 15.2. The second-order valence-electron chi connectivity index (χ2n) is 6.85. The fourth-order valence-electron chi connectivity index (χ4n) is 3.02. The van der Waals surface area contributed by atoms with Crippen molar-refractivity contribution in [3.8, 4) is 0 Å². The van der Waals surface area contributed by atoms with Gasteiger partial charge in [-0.2, -0.15) is 0 Å². The quantitative estimate of drug-likeness (QED) is 0.396. The van der Waals surface area contributed by atoms with E-state index in [1.807, 2.05) is 0 Å². The van der Waals surface area contributed by atoms with Gasteiger partial charge in [0.1, 0.15) is 0 Å². The van der Waals surface area contributed by atoms with Crippen molar-refractivity contribution in [3.05, 3.63) is 0 Å². The Hall–Kier alpha value is 2.73. The Balaban J connectivity index is 5.02. The van der Waals surface area contributed by atoms with Crippen LogP contribution in [0, 0.1) is 0 Å². The summed E-state index contributed by atoms with van der Waals surface area (Å²) in [4.78, 5) is 0. The third-order valence-corrected chi connectivity index (χ3v) is 155. The van der Waals surface area contributed by atoms with E-state index in [0.29, 0.717) is 0 Å². The zero-order chi connectivity index (χ0) is 11.1. The van der Waals surface area contributed by atoms with Crippen molar-refractivity contribution in [3.63, 3.8) is 0 Å². The van der Waals surface area contributed by atoms with E-state index in [-0.39, 0.29) is 0 Å². The molecule has 0 unspecified atom stereocenters. The van der Waals surface area contributed by atoms with Crippen molar-refractivity contribution in [2.45, 2.75) is 40.3 Å². The molecule has 0 aromatic heterocycles. The van der Waals surface area contributed by atoms with Crippen LogP contribution in [0.5, 0.6) is 0 Å². The second-order valence-corrected chi connectivity index (χ2v) is 83.0. The van der Waals surface area contributed by atoms with Gasteiger partial charge in [0.05, 0.1) is 0 Å². The predicted octanol–water partition coefficient (Wildman–Crippen LogP) is 3.79. The van der Waals surface area contributed by atoms with Crippen molar-refractivity contribution < 1.29 is 0 Å². The fourth-order valence-corrected chi connectivity index (χ4v) is 232. The average molecular weight is 771 g/mol. The Morgan fingerprint density at radius 3 is 0.615 bits per heavy atom. The van der Waals surface area contributed by atoms with Crippen LogP contribution in [0.25, 0.3) is 0 Å². The topological polar surface area (TPSA) is 3.24 Å². The fraction of sp³-hybridized carbons (Fsp3) is 1.00. The summed E-state index contributed by atoms with van der Waals surface area (Å²) in [5.74, 6) is 0. The molecule has 0 aliphatic heterocycles. The third-order valence-electron chi connectivity index (χ3n) is 2.01. The van der Waals surface area contributed by atoms with Crippen molar-refractivity contribution in [2.24, 2.45) is 0 Å². The van der Waals surface area contributed by atoms with Crippen LogP contribution in [0.4, 0.5) is 0 Å². The summed E-state index contributed by atoms with van der Waals surface area (Å²) in [6, 6.07) is 0. The molecule has 0 saturated carbocycles. The van der Waals surface area contributed by atoms with Crippen LogP contribution in [0.3, 0.4) is 0 Å². The molecule has 0 fully saturated rings. The first kappa shape index (κ1) is 15.7. The molecule has 0 aliphatic rings. The number of hydrogen-bond donors (Lipinski definition) is 0. The van der Waals surface area contributed by atoms with Gasteiger partial charge in [-0.1, -0.05) is 0 Å². The molecular weight excluding hydrogens is 744 g/mol. The van der Waals surface area contributed by atoms with E-state index in [0.717, 1.165) is 0 Å². The van der Waals surface area contributed by atoms with Gasteiger partial charge in [-0.25, -0.2) is 0 Å². The Morgan fingerprint density at radius 2 is 0.615 bits per heavy atom. The van der Waals surface area contributed by atoms with Crippen LogP contribution >= 0.6 is 0 Å². The summed E-state index contributed by atoms with van der Waals surface area (Å²) in [6.07, 6.45) is 0. The van der Waals surface area contributed by atoms with E-state index in [1.54, 1.807) is 0 Å². The van der Waals surface area contributed by atoms with Crippen molar-refractivity contribution in [1.82, 2.24) is -1.67 Å². The summed E-state index contributed by atoms with van der Waals surface area (Å²) < 4.78 is 26.8. The van der Waals surface area contributed by atoms with Crippen molar-refractivity contribution >= 4 is 64.4 Å². The van der Waals surface area contributed by atoms with E-state index in [2.05, 4.69) is 38.7 Å². The standard InChI is InChI=1S/9CH3.N.3Pb/h9*1H3;;;;. The van der Waals surface area contributed by atoms with Crippen LogP contribution in [0.1, 0.15) is 0 Å². The van der Waals surface area contributed by atoms with Gasteiger partial charge in [-0.3, -0.25) is 0 Å². The molecule has 0 aromatic rings. The van der Waals surface area contributed by atoms with Crippen LogP contribution in [0.15, 0.2) is 0 Å². The van der Waals surface area contributed by atoms with Crippen LogP contribution < -0.4 is 0 Å². The van der Waals surface area contributed by atoms with Gasteiger partial charge in [0, 0.05) is 0 Å². The monoisotopic (exact) mass is 773 g/mol. The van der Waals surface area contributed by atoms with Crippen molar-refractivity contribution in [1.29, 1.82) is 0 Å². The van der Waals surface area contributed by atoms with Gasteiger partial charge < -0.3 is 0 Å². The molecule has 0 N–H and O–H groups in total. The predicted molar refractivity (Wildman–Crippen MR) is 71.9 cm³/mol. The summed E-state index contributed by atoms with van der Waals surface area (Å²) in [6.45, 7) is 0. The molecule has 0 heterocycles. The van der Waals surface area contributed by atoms with E-state index in [1.165, 1.54) is 0 Å².